The lowest BCUT2D eigenvalue weighted by Crippen LogP contribution is -2.05. The van der Waals surface area contributed by atoms with E-state index in [-0.39, 0.29) is 0 Å². The maximum absolute atomic E-state index is 10.3. The fourth-order valence-electron chi connectivity index (χ4n) is 2.15. The van der Waals surface area contributed by atoms with Gasteiger partial charge in [-0.25, -0.2) is 0 Å². The second-order valence-electron chi connectivity index (χ2n) is 5.52. The highest BCUT2D eigenvalue weighted by molar-refractivity contribution is 5.32. The van der Waals surface area contributed by atoms with E-state index < -0.39 is 0 Å². The van der Waals surface area contributed by atoms with Crippen LogP contribution in [-0.2, 0) is 19.4 Å². The molecule has 1 rings (SSSR count). The lowest BCUT2D eigenvalue weighted by molar-refractivity contribution is 0.451. The van der Waals surface area contributed by atoms with Gasteiger partial charge in [-0.15, -0.1) is 0 Å². The van der Waals surface area contributed by atoms with Gasteiger partial charge in [0.05, 0.1) is 5.69 Å². The van der Waals surface area contributed by atoms with E-state index in [4.69, 9.17) is 0 Å². The number of aromatic nitrogens is 2. The Morgan fingerprint density at radius 1 is 1.17 bits per heavy atom. The molecule has 0 atom stereocenters. The van der Waals surface area contributed by atoms with Crippen molar-refractivity contribution in [3.63, 3.8) is 0 Å². The van der Waals surface area contributed by atoms with Gasteiger partial charge >= 0.3 is 0 Å². The van der Waals surface area contributed by atoms with E-state index in [2.05, 4.69) is 32.8 Å². The first kappa shape index (κ1) is 15.1. The zero-order valence-electron chi connectivity index (χ0n) is 12.4. The lowest BCUT2D eigenvalue weighted by atomic mass is 10.1. The lowest BCUT2D eigenvalue weighted by Gasteiger charge is -2.06. The summed E-state index contributed by atoms with van der Waals surface area (Å²) >= 11 is 0. The van der Waals surface area contributed by atoms with E-state index in [0.29, 0.717) is 11.7 Å². The Labute approximate surface area is 111 Å². The van der Waals surface area contributed by atoms with Crippen LogP contribution in [0.15, 0.2) is 0 Å². The molecule has 0 aromatic carbocycles. The molecule has 0 bridgehead atoms. The van der Waals surface area contributed by atoms with Gasteiger partial charge in [-0.05, 0) is 31.6 Å². The van der Waals surface area contributed by atoms with Crippen molar-refractivity contribution in [1.82, 2.24) is 9.78 Å². The number of hydrogen-bond donors (Lipinski definition) is 1. The molecule has 1 aromatic heterocycles. The Morgan fingerprint density at radius 2 is 1.83 bits per heavy atom. The van der Waals surface area contributed by atoms with E-state index in [0.717, 1.165) is 56.5 Å². The highest BCUT2D eigenvalue weighted by Crippen LogP contribution is 2.26. The van der Waals surface area contributed by atoms with Crippen LogP contribution in [0, 0.1) is 5.92 Å². The first-order valence-electron chi connectivity index (χ1n) is 7.37. The molecule has 0 unspecified atom stereocenters. The largest absolute Gasteiger partial charge is 0.504 e. The zero-order chi connectivity index (χ0) is 13.5. The number of nitrogens with zero attached hydrogens (tertiary/aromatic N) is 2. The summed E-state index contributed by atoms with van der Waals surface area (Å²) in [5.41, 5.74) is 1.92. The molecule has 0 radical (unpaired) electrons. The molecule has 1 aromatic rings. The maximum atomic E-state index is 10.3. The summed E-state index contributed by atoms with van der Waals surface area (Å²) in [5.74, 6) is 0.984. The fourth-order valence-corrected chi connectivity index (χ4v) is 2.15. The number of hydrogen-bond acceptors (Lipinski definition) is 2. The number of aromatic hydroxyl groups is 1. The second kappa shape index (κ2) is 7.45. The summed E-state index contributed by atoms with van der Waals surface area (Å²) in [6, 6.07) is 0. The van der Waals surface area contributed by atoms with Crippen molar-refractivity contribution >= 4 is 0 Å². The summed E-state index contributed by atoms with van der Waals surface area (Å²) in [7, 11) is 0. The monoisotopic (exact) mass is 252 g/mol. The van der Waals surface area contributed by atoms with Crippen LogP contribution in [-0.4, -0.2) is 14.9 Å². The molecule has 0 saturated carbocycles. The molecule has 18 heavy (non-hydrogen) atoms. The molecule has 0 fully saturated rings. The fraction of sp³-hybridized carbons (Fsp3) is 0.800. The zero-order valence-corrected chi connectivity index (χ0v) is 12.4. The molecule has 0 saturated heterocycles. The summed E-state index contributed by atoms with van der Waals surface area (Å²) < 4.78 is 2.03. The third-order valence-corrected chi connectivity index (χ3v) is 3.19. The molecular formula is C15H28N2O. The number of rotatable bonds is 8. The third-order valence-electron chi connectivity index (χ3n) is 3.19. The van der Waals surface area contributed by atoms with Gasteiger partial charge in [-0.3, -0.25) is 4.68 Å². The van der Waals surface area contributed by atoms with Crippen LogP contribution in [0.25, 0.3) is 0 Å². The number of aryl methyl sites for hydroxylation is 1. The summed E-state index contributed by atoms with van der Waals surface area (Å²) in [6.45, 7) is 9.62. The quantitative estimate of drug-likeness (QED) is 0.761. The minimum absolute atomic E-state index is 0.452. The van der Waals surface area contributed by atoms with Crippen molar-refractivity contribution < 1.29 is 5.11 Å². The molecule has 104 valence electrons. The molecule has 1 heterocycles. The Kier molecular flexibility index (Phi) is 6.23. The van der Waals surface area contributed by atoms with E-state index in [1.165, 1.54) is 0 Å². The SMILES string of the molecule is CCCCc1c(O)c(CC(C)C)nn1CCCC. The third kappa shape index (κ3) is 4.04. The molecule has 3 nitrogen and oxygen atoms in total. The van der Waals surface area contributed by atoms with Crippen LogP contribution in [0.3, 0.4) is 0 Å². The van der Waals surface area contributed by atoms with E-state index in [1.54, 1.807) is 0 Å². The predicted molar refractivity (Wildman–Crippen MR) is 76.0 cm³/mol. The van der Waals surface area contributed by atoms with Gasteiger partial charge in [0.25, 0.3) is 0 Å². The van der Waals surface area contributed by atoms with Gasteiger partial charge in [0.2, 0.25) is 0 Å². The summed E-state index contributed by atoms with van der Waals surface area (Å²) in [6.07, 6.45) is 6.36. The van der Waals surface area contributed by atoms with Gasteiger partial charge in [-0.2, -0.15) is 5.10 Å². The van der Waals surface area contributed by atoms with Gasteiger partial charge < -0.3 is 5.11 Å². The van der Waals surface area contributed by atoms with Crippen molar-refractivity contribution in [3.05, 3.63) is 11.4 Å². The normalized spacial score (nSPS) is 11.4. The van der Waals surface area contributed by atoms with Crippen molar-refractivity contribution in [2.24, 2.45) is 5.92 Å². The predicted octanol–water partition coefficient (Wildman–Crippen LogP) is 3.93. The molecule has 0 spiro atoms. The maximum Gasteiger partial charge on any atom is 0.160 e. The second-order valence-corrected chi connectivity index (χ2v) is 5.52. The summed E-state index contributed by atoms with van der Waals surface area (Å²) in [5, 5.41) is 14.9. The Morgan fingerprint density at radius 3 is 2.39 bits per heavy atom. The minimum atomic E-state index is 0.452. The van der Waals surface area contributed by atoms with Crippen LogP contribution >= 0.6 is 0 Å². The molecule has 3 heteroatoms. The Balaban J connectivity index is 2.90. The Bertz CT molecular complexity index is 356. The van der Waals surface area contributed by atoms with Crippen molar-refractivity contribution in [2.75, 3.05) is 0 Å². The average Bonchev–Trinajstić information content (AvgIpc) is 2.60. The van der Waals surface area contributed by atoms with Crippen LogP contribution in [0.5, 0.6) is 5.75 Å². The Hall–Kier alpha value is -0.990. The van der Waals surface area contributed by atoms with E-state index in [1.807, 2.05) is 4.68 Å². The van der Waals surface area contributed by atoms with Crippen LogP contribution in [0.1, 0.15) is 64.8 Å². The van der Waals surface area contributed by atoms with Crippen molar-refractivity contribution in [3.8, 4) is 5.75 Å². The van der Waals surface area contributed by atoms with Crippen molar-refractivity contribution in [1.29, 1.82) is 0 Å². The molecule has 1 N–H and O–H groups in total. The first-order valence-corrected chi connectivity index (χ1v) is 7.37. The standard InChI is InChI=1S/C15H28N2O/c1-5-7-9-14-15(18)13(11-12(3)4)16-17(14)10-8-6-2/h12,18H,5-11H2,1-4H3. The molecule has 0 aliphatic carbocycles. The molecule has 0 aliphatic heterocycles. The first-order chi connectivity index (χ1) is 8.60. The molecule has 0 amide bonds. The van der Waals surface area contributed by atoms with Crippen LogP contribution in [0.4, 0.5) is 0 Å². The van der Waals surface area contributed by atoms with Gasteiger partial charge in [0.1, 0.15) is 5.69 Å². The van der Waals surface area contributed by atoms with Gasteiger partial charge in [-0.1, -0.05) is 40.5 Å². The van der Waals surface area contributed by atoms with E-state index in [9.17, 15) is 5.11 Å². The van der Waals surface area contributed by atoms with Crippen molar-refractivity contribution in [2.45, 2.75) is 72.8 Å². The molecular weight excluding hydrogens is 224 g/mol. The average molecular weight is 252 g/mol. The van der Waals surface area contributed by atoms with Gasteiger partial charge in [0.15, 0.2) is 5.75 Å². The molecule has 0 aliphatic rings. The van der Waals surface area contributed by atoms with Crippen LogP contribution in [0.2, 0.25) is 0 Å². The van der Waals surface area contributed by atoms with E-state index >= 15 is 0 Å². The highest BCUT2D eigenvalue weighted by Gasteiger charge is 2.17. The van der Waals surface area contributed by atoms with Gasteiger partial charge in [0, 0.05) is 6.54 Å². The van der Waals surface area contributed by atoms with Crippen LogP contribution < -0.4 is 0 Å². The number of unbranched alkanes of at least 4 members (excludes halogenated alkanes) is 2. The minimum Gasteiger partial charge on any atom is -0.504 e. The highest BCUT2D eigenvalue weighted by atomic mass is 16.3. The summed E-state index contributed by atoms with van der Waals surface area (Å²) in [4.78, 5) is 0. The topological polar surface area (TPSA) is 38.1 Å². The smallest absolute Gasteiger partial charge is 0.160 e.